The SMILES string of the molecule is CC1CCN(c2ccc(=O)n(CC(C)(C)C(=O)NCCN)c2)CC1. The van der Waals surface area contributed by atoms with Crippen LogP contribution in [0.2, 0.25) is 0 Å². The van der Waals surface area contributed by atoms with E-state index in [4.69, 9.17) is 5.73 Å². The van der Waals surface area contributed by atoms with Crippen LogP contribution in [0.4, 0.5) is 5.69 Å². The largest absolute Gasteiger partial charge is 0.370 e. The maximum Gasteiger partial charge on any atom is 0.250 e. The van der Waals surface area contributed by atoms with Gasteiger partial charge >= 0.3 is 0 Å². The molecular weight excluding hydrogens is 304 g/mol. The Morgan fingerprint density at radius 2 is 2.00 bits per heavy atom. The minimum atomic E-state index is -0.673. The molecule has 6 nitrogen and oxygen atoms in total. The van der Waals surface area contributed by atoms with Gasteiger partial charge in [-0.15, -0.1) is 0 Å². The molecule has 6 heteroatoms. The summed E-state index contributed by atoms with van der Waals surface area (Å²) in [7, 11) is 0. The van der Waals surface area contributed by atoms with E-state index in [1.807, 2.05) is 26.1 Å². The third-order valence-corrected chi connectivity index (χ3v) is 4.73. The lowest BCUT2D eigenvalue weighted by Crippen LogP contribution is -2.43. The fourth-order valence-electron chi connectivity index (χ4n) is 3.02. The van der Waals surface area contributed by atoms with Crippen LogP contribution in [-0.4, -0.2) is 36.7 Å². The summed E-state index contributed by atoms with van der Waals surface area (Å²) in [6, 6.07) is 3.48. The molecule has 1 aliphatic rings. The minimum absolute atomic E-state index is 0.0798. The third-order valence-electron chi connectivity index (χ3n) is 4.73. The molecule has 0 unspecified atom stereocenters. The Hall–Kier alpha value is -1.82. The molecule has 134 valence electrons. The molecule has 1 aromatic rings. The highest BCUT2D eigenvalue weighted by Gasteiger charge is 2.28. The Bertz CT molecular complexity index is 616. The van der Waals surface area contributed by atoms with Crippen LogP contribution in [0.25, 0.3) is 0 Å². The molecule has 1 fully saturated rings. The maximum atomic E-state index is 12.3. The molecule has 0 radical (unpaired) electrons. The number of nitrogens with zero attached hydrogens (tertiary/aromatic N) is 2. The highest BCUT2D eigenvalue weighted by Crippen LogP contribution is 2.23. The van der Waals surface area contributed by atoms with Crippen molar-refractivity contribution in [1.29, 1.82) is 0 Å². The standard InChI is InChI=1S/C18H30N4O2/c1-14-6-10-21(11-7-14)15-4-5-16(23)22(12-15)13-18(2,3)17(24)20-9-8-19/h4-5,12,14H,6-11,13,19H2,1-3H3,(H,20,24). The van der Waals surface area contributed by atoms with E-state index in [9.17, 15) is 9.59 Å². The van der Waals surface area contributed by atoms with Crippen molar-refractivity contribution in [3.8, 4) is 0 Å². The van der Waals surface area contributed by atoms with E-state index in [-0.39, 0.29) is 11.5 Å². The van der Waals surface area contributed by atoms with Gasteiger partial charge in [0.1, 0.15) is 0 Å². The molecular formula is C18H30N4O2. The van der Waals surface area contributed by atoms with Gasteiger partial charge < -0.3 is 20.5 Å². The topological polar surface area (TPSA) is 80.4 Å². The van der Waals surface area contributed by atoms with Crippen LogP contribution >= 0.6 is 0 Å². The lowest BCUT2D eigenvalue weighted by atomic mass is 9.92. The molecule has 0 atom stereocenters. The lowest BCUT2D eigenvalue weighted by Gasteiger charge is -2.32. The van der Waals surface area contributed by atoms with Gasteiger partial charge in [0.15, 0.2) is 0 Å². The van der Waals surface area contributed by atoms with Crippen LogP contribution < -0.4 is 21.5 Å². The normalized spacial score (nSPS) is 16.2. The van der Waals surface area contributed by atoms with E-state index in [0.717, 1.165) is 24.7 Å². The molecule has 1 aliphatic heterocycles. The van der Waals surface area contributed by atoms with E-state index in [2.05, 4.69) is 17.1 Å². The number of nitrogens with two attached hydrogens (primary N) is 1. The molecule has 0 spiro atoms. The van der Waals surface area contributed by atoms with E-state index in [1.54, 1.807) is 10.6 Å². The second-order valence-electron chi connectivity index (χ2n) is 7.45. The second kappa shape index (κ2) is 7.83. The van der Waals surface area contributed by atoms with Crippen molar-refractivity contribution in [1.82, 2.24) is 9.88 Å². The summed E-state index contributed by atoms with van der Waals surface area (Å²) in [5.41, 5.74) is 5.74. The quantitative estimate of drug-likeness (QED) is 0.819. The second-order valence-corrected chi connectivity index (χ2v) is 7.45. The zero-order chi connectivity index (χ0) is 17.7. The average molecular weight is 334 g/mol. The lowest BCUT2D eigenvalue weighted by molar-refractivity contribution is -0.130. The molecule has 3 N–H and O–H groups in total. The molecule has 0 saturated carbocycles. The van der Waals surface area contributed by atoms with Crippen molar-refractivity contribution in [2.24, 2.45) is 17.1 Å². The Balaban J connectivity index is 2.13. The predicted octanol–water partition coefficient (Wildman–Crippen LogP) is 1.19. The van der Waals surface area contributed by atoms with Crippen LogP contribution in [0.3, 0.4) is 0 Å². The zero-order valence-corrected chi connectivity index (χ0v) is 15.0. The molecule has 0 aliphatic carbocycles. The molecule has 0 bridgehead atoms. The molecule has 0 aromatic carbocycles. The van der Waals surface area contributed by atoms with Crippen molar-refractivity contribution in [2.45, 2.75) is 40.2 Å². The van der Waals surface area contributed by atoms with Crippen LogP contribution in [0.1, 0.15) is 33.6 Å². The first-order chi connectivity index (χ1) is 11.3. The van der Waals surface area contributed by atoms with Crippen molar-refractivity contribution in [2.75, 3.05) is 31.1 Å². The zero-order valence-electron chi connectivity index (χ0n) is 15.0. The first-order valence-electron chi connectivity index (χ1n) is 8.77. The average Bonchev–Trinajstić information content (AvgIpc) is 2.55. The number of amides is 1. The van der Waals surface area contributed by atoms with Gasteiger partial charge in [0.25, 0.3) is 5.56 Å². The smallest absolute Gasteiger partial charge is 0.250 e. The van der Waals surface area contributed by atoms with Gasteiger partial charge in [0.2, 0.25) is 5.91 Å². The number of piperidine rings is 1. The van der Waals surface area contributed by atoms with Crippen LogP contribution in [0.5, 0.6) is 0 Å². The minimum Gasteiger partial charge on any atom is -0.370 e. The van der Waals surface area contributed by atoms with Crippen molar-refractivity contribution in [3.63, 3.8) is 0 Å². The number of nitrogens with one attached hydrogen (secondary N) is 1. The van der Waals surface area contributed by atoms with Gasteiger partial charge in [-0.25, -0.2) is 0 Å². The number of rotatable bonds is 6. The fraction of sp³-hybridized carbons (Fsp3) is 0.667. The summed E-state index contributed by atoms with van der Waals surface area (Å²) >= 11 is 0. The van der Waals surface area contributed by atoms with Crippen molar-refractivity contribution in [3.05, 3.63) is 28.7 Å². The number of hydrogen-bond acceptors (Lipinski definition) is 4. The predicted molar refractivity (Wildman–Crippen MR) is 97.2 cm³/mol. The van der Waals surface area contributed by atoms with Gasteiger partial charge in [-0.2, -0.15) is 0 Å². The number of pyridine rings is 1. The van der Waals surface area contributed by atoms with E-state index >= 15 is 0 Å². The Kier molecular flexibility index (Phi) is 6.04. The van der Waals surface area contributed by atoms with Gasteiger partial charge in [-0.3, -0.25) is 9.59 Å². The number of carbonyl (C=O) groups is 1. The van der Waals surface area contributed by atoms with Gasteiger partial charge in [0, 0.05) is 45.0 Å². The van der Waals surface area contributed by atoms with E-state index in [1.165, 1.54) is 12.8 Å². The number of carbonyl (C=O) groups excluding carboxylic acids is 1. The molecule has 1 aromatic heterocycles. The number of aromatic nitrogens is 1. The molecule has 2 rings (SSSR count). The molecule has 24 heavy (non-hydrogen) atoms. The monoisotopic (exact) mass is 334 g/mol. The van der Waals surface area contributed by atoms with E-state index < -0.39 is 5.41 Å². The molecule has 1 saturated heterocycles. The number of anilines is 1. The first kappa shape index (κ1) is 18.5. The summed E-state index contributed by atoms with van der Waals surface area (Å²) in [4.78, 5) is 26.8. The highest BCUT2D eigenvalue weighted by molar-refractivity contribution is 5.81. The first-order valence-corrected chi connectivity index (χ1v) is 8.77. The van der Waals surface area contributed by atoms with Crippen molar-refractivity contribution < 1.29 is 4.79 Å². The summed E-state index contributed by atoms with van der Waals surface area (Å²) < 4.78 is 1.65. The Labute approximate surface area is 144 Å². The summed E-state index contributed by atoms with van der Waals surface area (Å²) in [6.07, 6.45) is 4.23. The summed E-state index contributed by atoms with van der Waals surface area (Å²) in [5.74, 6) is 0.675. The summed E-state index contributed by atoms with van der Waals surface area (Å²) in [6.45, 7) is 9.20. The molecule has 1 amide bonds. The third kappa shape index (κ3) is 4.60. The van der Waals surface area contributed by atoms with Crippen LogP contribution in [0, 0.1) is 11.3 Å². The maximum absolute atomic E-state index is 12.3. The van der Waals surface area contributed by atoms with Gasteiger partial charge in [-0.1, -0.05) is 6.92 Å². The highest BCUT2D eigenvalue weighted by atomic mass is 16.2. The van der Waals surface area contributed by atoms with E-state index in [0.29, 0.717) is 19.6 Å². The van der Waals surface area contributed by atoms with Crippen LogP contribution in [-0.2, 0) is 11.3 Å². The number of hydrogen-bond donors (Lipinski definition) is 2. The molecule has 2 heterocycles. The van der Waals surface area contributed by atoms with Gasteiger partial charge in [-0.05, 0) is 38.7 Å². The van der Waals surface area contributed by atoms with Crippen LogP contribution in [0.15, 0.2) is 23.1 Å². The van der Waals surface area contributed by atoms with Crippen molar-refractivity contribution >= 4 is 11.6 Å². The Morgan fingerprint density at radius 3 is 2.62 bits per heavy atom. The fourth-order valence-corrected chi connectivity index (χ4v) is 3.02. The Morgan fingerprint density at radius 1 is 1.33 bits per heavy atom. The summed E-state index contributed by atoms with van der Waals surface area (Å²) in [5, 5.41) is 2.81. The van der Waals surface area contributed by atoms with Gasteiger partial charge in [0.05, 0.1) is 11.1 Å².